The zero-order chi connectivity index (χ0) is 18.9. The Bertz CT molecular complexity index is 760. The smallest absolute Gasteiger partial charge is 0.407 e. The highest BCUT2D eigenvalue weighted by molar-refractivity contribution is 5.90. The Morgan fingerprint density at radius 1 is 1.04 bits per heavy atom. The van der Waals surface area contributed by atoms with Crippen LogP contribution in [0.15, 0.2) is 42.5 Å². The maximum absolute atomic E-state index is 11.8. The lowest BCUT2D eigenvalue weighted by Gasteiger charge is -2.13. The number of benzene rings is 2. The fourth-order valence-electron chi connectivity index (χ4n) is 2.40. The summed E-state index contributed by atoms with van der Waals surface area (Å²) in [4.78, 5) is 23.2. The standard InChI is InChI=1S/C19H21NO6/c1-24-16-10-14(15(18(21)22)11-17(16)25-2)8-9-20-19(23)26-12-13-6-4-3-5-7-13/h3-7,10-11H,8-9,12H2,1-2H3,(H,20,23)(H,21,22). The van der Waals surface area contributed by atoms with Gasteiger partial charge in [-0.25, -0.2) is 9.59 Å². The number of aromatic carboxylic acids is 1. The molecule has 2 aromatic rings. The molecule has 0 aromatic heterocycles. The van der Waals surface area contributed by atoms with E-state index in [-0.39, 0.29) is 18.7 Å². The largest absolute Gasteiger partial charge is 0.493 e. The van der Waals surface area contributed by atoms with E-state index in [4.69, 9.17) is 14.2 Å². The molecule has 7 nitrogen and oxygen atoms in total. The van der Waals surface area contributed by atoms with Gasteiger partial charge in [0.05, 0.1) is 19.8 Å². The maximum Gasteiger partial charge on any atom is 0.407 e. The van der Waals surface area contributed by atoms with Gasteiger partial charge < -0.3 is 24.6 Å². The van der Waals surface area contributed by atoms with Crippen LogP contribution in [0.3, 0.4) is 0 Å². The van der Waals surface area contributed by atoms with Gasteiger partial charge in [-0.15, -0.1) is 0 Å². The molecule has 0 saturated heterocycles. The summed E-state index contributed by atoms with van der Waals surface area (Å²) in [6, 6.07) is 12.3. The summed E-state index contributed by atoms with van der Waals surface area (Å²) in [7, 11) is 2.91. The van der Waals surface area contributed by atoms with Crippen LogP contribution >= 0.6 is 0 Å². The van der Waals surface area contributed by atoms with Gasteiger partial charge in [-0.05, 0) is 29.7 Å². The van der Waals surface area contributed by atoms with Crippen LogP contribution in [0.25, 0.3) is 0 Å². The Labute approximate surface area is 151 Å². The average molecular weight is 359 g/mol. The van der Waals surface area contributed by atoms with Gasteiger partial charge in [-0.2, -0.15) is 0 Å². The molecule has 0 heterocycles. The summed E-state index contributed by atoms with van der Waals surface area (Å²) < 4.78 is 15.4. The molecule has 0 radical (unpaired) electrons. The number of rotatable bonds is 8. The molecule has 7 heteroatoms. The normalized spacial score (nSPS) is 10.1. The van der Waals surface area contributed by atoms with Crippen LogP contribution in [0.4, 0.5) is 4.79 Å². The molecule has 0 spiro atoms. The fraction of sp³-hybridized carbons (Fsp3) is 0.263. The van der Waals surface area contributed by atoms with E-state index < -0.39 is 12.1 Å². The Morgan fingerprint density at radius 2 is 1.69 bits per heavy atom. The van der Waals surface area contributed by atoms with E-state index in [1.807, 2.05) is 30.3 Å². The number of carbonyl (C=O) groups excluding carboxylic acids is 1. The Morgan fingerprint density at radius 3 is 2.31 bits per heavy atom. The number of amides is 1. The molecule has 26 heavy (non-hydrogen) atoms. The molecule has 0 unspecified atom stereocenters. The van der Waals surface area contributed by atoms with Gasteiger partial charge in [0, 0.05) is 6.54 Å². The van der Waals surface area contributed by atoms with Crippen LogP contribution in [-0.4, -0.2) is 37.9 Å². The SMILES string of the molecule is COc1cc(CCNC(=O)OCc2ccccc2)c(C(=O)O)cc1OC. The van der Waals surface area contributed by atoms with E-state index in [2.05, 4.69) is 5.32 Å². The first-order valence-electron chi connectivity index (χ1n) is 7.98. The minimum Gasteiger partial charge on any atom is -0.493 e. The van der Waals surface area contributed by atoms with Gasteiger partial charge in [0.25, 0.3) is 0 Å². The zero-order valence-corrected chi connectivity index (χ0v) is 14.7. The third-order valence-corrected chi connectivity index (χ3v) is 3.72. The molecule has 0 atom stereocenters. The van der Waals surface area contributed by atoms with Gasteiger partial charge in [0.1, 0.15) is 6.61 Å². The van der Waals surface area contributed by atoms with Crippen LogP contribution < -0.4 is 14.8 Å². The second-order valence-corrected chi connectivity index (χ2v) is 5.41. The van der Waals surface area contributed by atoms with Crippen molar-refractivity contribution in [2.24, 2.45) is 0 Å². The van der Waals surface area contributed by atoms with Gasteiger partial charge in [-0.1, -0.05) is 30.3 Å². The van der Waals surface area contributed by atoms with Crippen molar-refractivity contribution < 1.29 is 28.9 Å². The summed E-state index contributed by atoms with van der Waals surface area (Å²) >= 11 is 0. The quantitative estimate of drug-likeness (QED) is 0.753. The van der Waals surface area contributed by atoms with Crippen molar-refractivity contribution in [3.63, 3.8) is 0 Å². The molecular weight excluding hydrogens is 338 g/mol. The first-order valence-corrected chi connectivity index (χ1v) is 7.98. The Kier molecular flexibility index (Phi) is 6.84. The van der Waals surface area contributed by atoms with Crippen molar-refractivity contribution in [1.82, 2.24) is 5.32 Å². The zero-order valence-electron chi connectivity index (χ0n) is 14.7. The molecule has 0 bridgehead atoms. The minimum atomic E-state index is -1.08. The highest BCUT2D eigenvalue weighted by Crippen LogP contribution is 2.30. The molecule has 0 aliphatic carbocycles. The van der Waals surface area contributed by atoms with E-state index in [9.17, 15) is 14.7 Å². The maximum atomic E-state index is 11.8. The van der Waals surface area contributed by atoms with Crippen molar-refractivity contribution >= 4 is 12.1 Å². The molecule has 1 amide bonds. The monoisotopic (exact) mass is 359 g/mol. The number of carboxylic acid groups (broad SMARTS) is 1. The van der Waals surface area contributed by atoms with Gasteiger partial charge in [-0.3, -0.25) is 0 Å². The number of ether oxygens (including phenoxy) is 3. The Balaban J connectivity index is 1.93. The number of methoxy groups -OCH3 is 2. The minimum absolute atomic E-state index is 0.0992. The van der Waals surface area contributed by atoms with E-state index in [1.165, 1.54) is 20.3 Å². The number of alkyl carbamates (subject to hydrolysis) is 1. The second-order valence-electron chi connectivity index (χ2n) is 5.41. The average Bonchev–Trinajstić information content (AvgIpc) is 2.66. The molecule has 2 rings (SSSR count). The van der Waals surface area contributed by atoms with Crippen LogP contribution in [0, 0.1) is 0 Å². The van der Waals surface area contributed by atoms with Crippen LogP contribution in [-0.2, 0) is 17.8 Å². The van der Waals surface area contributed by atoms with Crippen molar-refractivity contribution in [2.75, 3.05) is 20.8 Å². The molecule has 0 aliphatic rings. The third-order valence-electron chi connectivity index (χ3n) is 3.72. The van der Waals surface area contributed by atoms with E-state index in [1.54, 1.807) is 6.07 Å². The van der Waals surface area contributed by atoms with Crippen molar-refractivity contribution in [3.05, 3.63) is 59.2 Å². The van der Waals surface area contributed by atoms with Crippen LogP contribution in [0.1, 0.15) is 21.5 Å². The van der Waals surface area contributed by atoms with Gasteiger partial charge in [0.2, 0.25) is 0 Å². The van der Waals surface area contributed by atoms with Crippen LogP contribution in [0.5, 0.6) is 11.5 Å². The third kappa shape index (κ3) is 5.14. The van der Waals surface area contributed by atoms with Gasteiger partial charge >= 0.3 is 12.1 Å². The molecule has 138 valence electrons. The molecule has 0 aliphatic heterocycles. The van der Waals surface area contributed by atoms with E-state index >= 15 is 0 Å². The summed E-state index contributed by atoms with van der Waals surface area (Å²) in [6.45, 7) is 0.396. The van der Waals surface area contributed by atoms with Crippen LogP contribution in [0.2, 0.25) is 0 Å². The van der Waals surface area contributed by atoms with Crippen molar-refractivity contribution in [3.8, 4) is 11.5 Å². The van der Waals surface area contributed by atoms with Crippen molar-refractivity contribution in [1.29, 1.82) is 0 Å². The summed E-state index contributed by atoms with van der Waals surface area (Å²) in [5.41, 5.74) is 1.51. The topological polar surface area (TPSA) is 94.1 Å². The van der Waals surface area contributed by atoms with Crippen molar-refractivity contribution in [2.45, 2.75) is 13.0 Å². The molecule has 2 N–H and O–H groups in total. The summed E-state index contributed by atoms with van der Waals surface area (Å²) in [6.07, 6.45) is -0.256. The van der Waals surface area contributed by atoms with E-state index in [0.29, 0.717) is 23.5 Å². The first-order chi connectivity index (χ1) is 12.5. The Hall–Kier alpha value is -3.22. The predicted molar refractivity (Wildman–Crippen MR) is 94.8 cm³/mol. The van der Waals surface area contributed by atoms with Gasteiger partial charge in [0.15, 0.2) is 11.5 Å². The predicted octanol–water partition coefficient (Wildman–Crippen LogP) is 2.87. The number of carboxylic acids is 1. The summed E-state index contributed by atoms with van der Waals surface area (Å²) in [5, 5.41) is 12.0. The highest BCUT2D eigenvalue weighted by atomic mass is 16.5. The molecule has 0 fully saturated rings. The molecular formula is C19H21NO6. The number of hydrogen-bond donors (Lipinski definition) is 2. The molecule has 0 saturated carbocycles. The highest BCUT2D eigenvalue weighted by Gasteiger charge is 2.16. The van der Waals surface area contributed by atoms with E-state index in [0.717, 1.165) is 5.56 Å². The molecule has 2 aromatic carbocycles. The lowest BCUT2D eigenvalue weighted by atomic mass is 10.0. The second kappa shape index (κ2) is 9.31. The summed E-state index contributed by atoms with van der Waals surface area (Å²) in [5.74, 6) is -0.310. The lowest BCUT2D eigenvalue weighted by molar-refractivity contribution is 0.0695. The number of hydrogen-bond acceptors (Lipinski definition) is 5. The number of nitrogens with one attached hydrogen (secondary N) is 1. The fourth-order valence-corrected chi connectivity index (χ4v) is 2.40. The number of carbonyl (C=O) groups is 2. The lowest BCUT2D eigenvalue weighted by Crippen LogP contribution is -2.26. The first kappa shape index (κ1) is 19.1.